The standard InChI is InChI=1S/C8H8N4O/c1-3-13-8-11-6(4-9)7(5-10)12(8)2/h3H2,1-2H3. The van der Waals surface area contributed by atoms with Crippen LogP contribution in [-0.4, -0.2) is 16.2 Å². The van der Waals surface area contributed by atoms with Gasteiger partial charge in [-0.25, -0.2) is 0 Å². The number of aromatic nitrogens is 2. The fourth-order valence-corrected chi connectivity index (χ4v) is 0.942. The Morgan fingerprint density at radius 3 is 2.54 bits per heavy atom. The van der Waals surface area contributed by atoms with Crippen molar-refractivity contribution in [2.75, 3.05) is 6.61 Å². The minimum Gasteiger partial charge on any atom is -0.465 e. The van der Waals surface area contributed by atoms with E-state index < -0.39 is 0 Å². The number of ether oxygens (including phenoxy) is 1. The van der Waals surface area contributed by atoms with E-state index in [0.29, 0.717) is 12.6 Å². The summed E-state index contributed by atoms with van der Waals surface area (Å²) >= 11 is 0. The second-order valence-electron chi connectivity index (χ2n) is 2.31. The average Bonchev–Trinajstić information content (AvgIpc) is 2.44. The van der Waals surface area contributed by atoms with Crippen LogP contribution in [0.15, 0.2) is 0 Å². The molecule has 1 aromatic heterocycles. The molecule has 0 aliphatic rings. The highest BCUT2D eigenvalue weighted by Gasteiger charge is 2.14. The number of rotatable bonds is 2. The molecule has 0 saturated carbocycles. The molecule has 0 amide bonds. The van der Waals surface area contributed by atoms with Crippen LogP contribution in [0.3, 0.4) is 0 Å². The van der Waals surface area contributed by atoms with E-state index in [-0.39, 0.29) is 11.4 Å². The number of hydrogen-bond acceptors (Lipinski definition) is 4. The molecule has 13 heavy (non-hydrogen) atoms. The van der Waals surface area contributed by atoms with Crippen LogP contribution >= 0.6 is 0 Å². The fraction of sp³-hybridized carbons (Fsp3) is 0.375. The first-order chi connectivity index (χ1) is 6.24. The summed E-state index contributed by atoms with van der Waals surface area (Å²) in [6.45, 7) is 2.27. The summed E-state index contributed by atoms with van der Waals surface area (Å²) in [6, 6.07) is 4.02. The minimum absolute atomic E-state index is 0.105. The van der Waals surface area contributed by atoms with Gasteiger partial charge in [0.1, 0.15) is 12.1 Å². The molecule has 0 unspecified atom stereocenters. The maximum absolute atomic E-state index is 8.69. The molecule has 0 atom stereocenters. The highest BCUT2D eigenvalue weighted by Crippen LogP contribution is 2.14. The molecule has 0 saturated heterocycles. The van der Waals surface area contributed by atoms with E-state index in [2.05, 4.69) is 4.98 Å². The zero-order valence-corrected chi connectivity index (χ0v) is 7.40. The Bertz CT molecular complexity index is 394. The molecule has 0 aliphatic heterocycles. The molecule has 0 fully saturated rings. The Morgan fingerprint density at radius 1 is 1.46 bits per heavy atom. The smallest absolute Gasteiger partial charge is 0.298 e. The monoisotopic (exact) mass is 176 g/mol. The van der Waals surface area contributed by atoms with E-state index in [1.165, 1.54) is 4.57 Å². The van der Waals surface area contributed by atoms with Crippen LogP contribution in [0, 0.1) is 22.7 Å². The molecule has 0 radical (unpaired) electrons. The summed E-state index contributed by atoms with van der Waals surface area (Å²) in [6.07, 6.45) is 0. The molecule has 0 N–H and O–H groups in total. The zero-order valence-electron chi connectivity index (χ0n) is 7.40. The van der Waals surface area contributed by atoms with Crippen molar-refractivity contribution in [3.63, 3.8) is 0 Å². The lowest BCUT2D eigenvalue weighted by molar-refractivity contribution is 0.302. The number of nitrogens with zero attached hydrogens (tertiary/aromatic N) is 4. The largest absolute Gasteiger partial charge is 0.465 e. The summed E-state index contributed by atoms with van der Waals surface area (Å²) in [7, 11) is 1.64. The van der Waals surface area contributed by atoms with Gasteiger partial charge >= 0.3 is 0 Å². The van der Waals surface area contributed by atoms with Gasteiger partial charge in [0.25, 0.3) is 6.01 Å². The molecule has 1 aromatic rings. The van der Waals surface area contributed by atoms with Gasteiger partial charge in [0, 0.05) is 7.05 Å². The number of nitriles is 2. The Balaban J connectivity index is 3.22. The van der Waals surface area contributed by atoms with Crippen molar-refractivity contribution in [3.05, 3.63) is 11.4 Å². The van der Waals surface area contributed by atoms with Crippen molar-refractivity contribution in [3.8, 4) is 18.1 Å². The maximum atomic E-state index is 8.69. The van der Waals surface area contributed by atoms with Crippen LogP contribution in [0.4, 0.5) is 0 Å². The molecular formula is C8H8N4O. The van der Waals surface area contributed by atoms with Crippen molar-refractivity contribution < 1.29 is 4.74 Å². The maximum Gasteiger partial charge on any atom is 0.298 e. The molecular weight excluding hydrogens is 168 g/mol. The molecule has 66 valence electrons. The average molecular weight is 176 g/mol. The first-order valence-corrected chi connectivity index (χ1v) is 3.74. The van der Waals surface area contributed by atoms with Crippen LogP contribution in [-0.2, 0) is 7.05 Å². The Hall–Kier alpha value is -2.01. The van der Waals surface area contributed by atoms with Gasteiger partial charge in [0.2, 0.25) is 0 Å². The van der Waals surface area contributed by atoms with E-state index >= 15 is 0 Å². The second kappa shape index (κ2) is 3.59. The van der Waals surface area contributed by atoms with E-state index in [0.717, 1.165) is 0 Å². The lowest BCUT2D eigenvalue weighted by atomic mass is 10.4. The summed E-state index contributed by atoms with van der Waals surface area (Å²) in [5.41, 5.74) is 0.333. The predicted molar refractivity (Wildman–Crippen MR) is 43.8 cm³/mol. The summed E-state index contributed by atoms with van der Waals surface area (Å²) in [5, 5.41) is 17.3. The van der Waals surface area contributed by atoms with Gasteiger partial charge in [-0.2, -0.15) is 15.5 Å². The van der Waals surface area contributed by atoms with Gasteiger partial charge in [-0.1, -0.05) is 0 Å². The summed E-state index contributed by atoms with van der Waals surface area (Å²) < 4.78 is 6.57. The predicted octanol–water partition coefficient (Wildman–Crippen LogP) is 0.562. The van der Waals surface area contributed by atoms with Gasteiger partial charge in [0.15, 0.2) is 11.4 Å². The minimum atomic E-state index is 0.105. The lowest BCUT2D eigenvalue weighted by Gasteiger charge is -2.00. The van der Waals surface area contributed by atoms with E-state index in [1.807, 2.05) is 19.1 Å². The number of hydrogen-bond donors (Lipinski definition) is 0. The van der Waals surface area contributed by atoms with Gasteiger partial charge in [-0.05, 0) is 6.92 Å². The zero-order chi connectivity index (χ0) is 9.84. The molecule has 5 nitrogen and oxygen atoms in total. The van der Waals surface area contributed by atoms with Crippen LogP contribution in [0.5, 0.6) is 6.01 Å². The third kappa shape index (κ3) is 1.45. The third-order valence-corrected chi connectivity index (χ3v) is 1.54. The van der Waals surface area contributed by atoms with Gasteiger partial charge in [-0.3, -0.25) is 4.57 Å². The molecule has 0 aromatic carbocycles. The van der Waals surface area contributed by atoms with E-state index in [4.69, 9.17) is 15.3 Å². The van der Waals surface area contributed by atoms with Crippen molar-refractivity contribution in [1.29, 1.82) is 10.5 Å². The van der Waals surface area contributed by atoms with Gasteiger partial charge in [-0.15, -0.1) is 0 Å². The number of imidazole rings is 1. The van der Waals surface area contributed by atoms with Crippen molar-refractivity contribution in [2.24, 2.45) is 7.05 Å². The van der Waals surface area contributed by atoms with Crippen LogP contribution in [0.1, 0.15) is 18.3 Å². The first kappa shape index (κ1) is 9.08. The Kier molecular flexibility index (Phi) is 2.51. The normalized spacial score (nSPS) is 8.92. The third-order valence-electron chi connectivity index (χ3n) is 1.54. The van der Waals surface area contributed by atoms with Crippen molar-refractivity contribution in [1.82, 2.24) is 9.55 Å². The van der Waals surface area contributed by atoms with Crippen molar-refractivity contribution in [2.45, 2.75) is 6.92 Å². The van der Waals surface area contributed by atoms with E-state index in [9.17, 15) is 0 Å². The Labute approximate surface area is 75.8 Å². The molecule has 0 spiro atoms. The second-order valence-corrected chi connectivity index (χ2v) is 2.31. The van der Waals surface area contributed by atoms with Gasteiger partial charge < -0.3 is 4.74 Å². The van der Waals surface area contributed by atoms with Crippen LogP contribution < -0.4 is 4.74 Å². The summed E-state index contributed by atoms with van der Waals surface area (Å²) in [5.74, 6) is 0. The van der Waals surface area contributed by atoms with Crippen molar-refractivity contribution >= 4 is 0 Å². The molecule has 1 rings (SSSR count). The molecule has 1 heterocycles. The first-order valence-electron chi connectivity index (χ1n) is 3.74. The molecule has 0 aliphatic carbocycles. The van der Waals surface area contributed by atoms with E-state index in [1.54, 1.807) is 7.05 Å². The highest BCUT2D eigenvalue weighted by atomic mass is 16.5. The highest BCUT2D eigenvalue weighted by molar-refractivity contribution is 5.39. The van der Waals surface area contributed by atoms with Gasteiger partial charge in [0.05, 0.1) is 6.61 Å². The topological polar surface area (TPSA) is 74.6 Å². The SMILES string of the molecule is CCOc1nc(C#N)c(C#N)n1C. The Morgan fingerprint density at radius 2 is 2.15 bits per heavy atom. The fourth-order valence-electron chi connectivity index (χ4n) is 0.942. The van der Waals surface area contributed by atoms with Crippen LogP contribution in [0.25, 0.3) is 0 Å². The van der Waals surface area contributed by atoms with Crippen LogP contribution in [0.2, 0.25) is 0 Å². The molecule has 0 bridgehead atoms. The quantitative estimate of drug-likeness (QED) is 0.659. The summed E-state index contributed by atoms with van der Waals surface area (Å²) in [4.78, 5) is 3.85. The molecule has 5 heteroatoms. The lowest BCUT2D eigenvalue weighted by Crippen LogP contribution is -2.00.